The molecule has 0 aliphatic rings. The Morgan fingerprint density at radius 2 is 2.19 bits per heavy atom. The van der Waals surface area contributed by atoms with Crippen molar-refractivity contribution >= 4 is 23.4 Å². The molecule has 0 spiro atoms. The van der Waals surface area contributed by atoms with Gasteiger partial charge in [0.1, 0.15) is 22.3 Å². The van der Waals surface area contributed by atoms with E-state index in [4.69, 9.17) is 16.0 Å². The van der Waals surface area contributed by atoms with Crippen molar-refractivity contribution < 1.29 is 4.42 Å². The predicted molar refractivity (Wildman–Crippen MR) is 61.8 cm³/mol. The van der Waals surface area contributed by atoms with E-state index >= 15 is 0 Å². The van der Waals surface area contributed by atoms with Gasteiger partial charge in [0.2, 0.25) is 0 Å². The molecule has 0 amide bonds. The van der Waals surface area contributed by atoms with Gasteiger partial charge in [0.15, 0.2) is 0 Å². The maximum atomic E-state index is 5.92. The number of hydrogen-bond donors (Lipinski definition) is 0. The van der Waals surface area contributed by atoms with Gasteiger partial charge >= 0.3 is 0 Å². The lowest BCUT2D eigenvalue weighted by atomic mass is 10.2. The maximum Gasteiger partial charge on any atom is 0.261 e. The van der Waals surface area contributed by atoms with E-state index in [-0.39, 0.29) is 5.92 Å². The third kappa shape index (κ3) is 2.74. The quantitative estimate of drug-likeness (QED) is 0.787. The Kier molecular flexibility index (Phi) is 3.46. The first-order chi connectivity index (χ1) is 7.65. The highest BCUT2D eigenvalue weighted by molar-refractivity contribution is 7.99. The summed E-state index contributed by atoms with van der Waals surface area (Å²) >= 11 is 7.25. The monoisotopic (exact) mass is 255 g/mol. The molecule has 0 N–H and O–H groups in total. The zero-order valence-corrected chi connectivity index (χ0v) is 10.4. The van der Waals surface area contributed by atoms with Gasteiger partial charge < -0.3 is 4.42 Å². The van der Waals surface area contributed by atoms with Gasteiger partial charge in [0, 0.05) is 12.0 Å². The second-order valence-corrected chi connectivity index (χ2v) is 4.80. The summed E-state index contributed by atoms with van der Waals surface area (Å²) in [5.74, 6) is 0.962. The van der Waals surface area contributed by atoms with Crippen LogP contribution in [0.4, 0.5) is 0 Å². The van der Waals surface area contributed by atoms with Crippen LogP contribution in [0.3, 0.4) is 0 Å². The van der Waals surface area contributed by atoms with E-state index in [1.54, 1.807) is 12.3 Å². The van der Waals surface area contributed by atoms with Crippen LogP contribution in [-0.4, -0.2) is 15.0 Å². The lowest BCUT2D eigenvalue weighted by Gasteiger charge is -2.05. The molecular formula is C10H10ClN3OS. The smallest absolute Gasteiger partial charge is 0.261 e. The average molecular weight is 256 g/mol. The molecule has 6 heteroatoms. The van der Waals surface area contributed by atoms with E-state index in [9.17, 15) is 0 Å². The first-order valence-corrected chi connectivity index (χ1v) is 5.96. The highest BCUT2D eigenvalue weighted by atomic mass is 35.5. The highest BCUT2D eigenvalue weighted by Crippen LogP contribution is 2.27. The molecule has 0 aliphatic heterocycles. The normalized spacial score (nSPS) is 11.0. The minimum absolute atomic E-state index is 0.239. The Hall–Kier alpha value is -1.07. The van der Waals surface area contributed by atoms with Crippen molar-refractivity contribution in [2.24, 2.45) is 0 Å². The summed E-state index contributed by atoms with van der Waals surface area (Å²) in [6.45, 7) is 4.04. The van der Waals surface area contributed by atoms with Crippen molar-refractivity contribution in [2.75, 3.05) is 0 Å². The van der Waals surface area contributed by atoms with E-state index in [1.807, 2.05) is 13.8 Å². The van der Waals surface area contributed by atoms with Gasteiger partial charge in [-0.15, -0.1) is 0 Å². The average Bonchev–Trinajstić information content (AvgIpc) is 2.69. The number of hydrogen-bond acceptors (Lipinski definition) is 5. The molecule has 0 atom stereocenters. The van der Waals surface area contributed by atoms with Gasteiger partial charge in [-0.3, -0.25) is 0 Å². The SMILES string of the molecule is CC(C)c1nc(Cl)cc(Sc2ncco2)n1. The van der Waals surface area contributed by atoms with Gasteiger partial charge in [0.25, 0.3) is 5.22 Å². The van der Waals surface area contributed by atoms with Gasteiger partial charge in [-0.25, -0.2) is 15.0 Å². The summed E-state index contributed by atoms with van der Waals surface area (Å²) < 4.78 is 5.13. The van der Waals surface area contributed by atoms with Crippen LogP contribution in [0.25, 0.3) is 0 Å². The molecule has 2 aromatic heterocycles. The van der Waals surface area contributed by atoms with Crippen LogP contribution >= 0.6 is 23.4 Å². The lowest BCUT2D eigenvalue weighted by molar-refractivity contribution is 0.454. The van der Waals surface area contributed by atoms with E-state index in [0.717, 1.165) is 10.9 Å². The van der Waals surface area contributed by atoms with Gasteiger partial charge in [-0.05, 0) is 11.8 Å². The molecule has 2 heterocycles. The zero-order chi connectivity index (χ0) is 11.5. The number of aromatic nitrogens is 3. The first-order valence-electron chi connectivity index (χ1n) is 4.77. The second-order valence-electron chi connectivity index (χ2n) is 3.44. The van der Waals surface area contributed by atoms with Crippen molar-refractivity contribution in [3.8, 4) is 0 Å². The molecule has 0 fully saturated rings. The first kappa shape index (κ1) is 11.4. The number of halogens is 1. The van der Waals surface area contributed by atoms with Crippen LogP contribution in [-0.2, 0) is 0 Å². The fourth-order valence-electron chi connectivity index (χ4n) is 1.07. The summed E-state index contributed by atoms with van der Waals surface area (Å²) in [6, 6.07) is 1.70. The standard InChI is InChI=1S/C10H10ClN3OS/c1-6(2)9-13-7(11)5-8(14-9)16-10-12-3-4-15-10/h3-6H,1-2H3. The molecule has 0 aliphatic carbocycles. The van der Waals surface area contributed by atoms with E-state index in [2.05, 4.69) is 15.0 Å². The summed E-state index contributed by atoms with van der Waals surface area (Å²) in [5.41, 5.74) is 0. The Morgan fingerprint density at radius 1 is 1.38 bits per heavy atom. The van der Waals surface area contributed by atoms with E-state index < -0.39 is 0 Å². The molecule has 16 heavy (non-hydrogen) atoms. The van der Waals surface area contributed by atoms with Crippen LogP contribution in [0, 0.1) is 0 Å². The molecule has 0 saturated carbocycles. The van der Waals surface area contributed by atoms with Crippen molar-refractivity contribution in [2.45, 2.75) is 30.0 Å². The molecule has 0 unspecified atom stereocenters. The molecule has 0 bridgehead atoms. The number of rotatable bonds is 3. The highest BCUT2D eigenvalue weighted by Gasteiger charge is 2.09. The third-order valence-corrected chi connectivity index (χ3v) is 2.79. The van der Waals surface area contributed by atoms with Crippen molar-refractivity contribution in [1.82, 2.24) is 15.0 Å². The molecule has 2 rings (SSSR count). The van der Waals surface area contributed by atoms with Gasteiger partial charge in [-0.1, -0.05) is 25.4 Å². The predicted octanol–water partition coefficient (Wildman–Crippen LogP) is 3.39. The van der Waals surface area contributed by atoms with Gasteiger partial charge in [0.05, 0.1) is 6.20 Å². The van der Waals surface area contributed by atoms with Crippen LogP contribution in [0.1, 0.15) is 25.6 Å². The summed E-state index contributed by atoms with van der Waals surface area (Å²) in [5, 5.41) is 1.73. The second kappa shape index (κ2) is 4.84. The fourth-order valence-corrected chi connectivity index (χ4v) is 2.03. The van der Waals surface area contributed by atoms with Gasteiger partial charge in [-0.2, -0.15) is 0 Å². The summed E-state index contributed by atoms with van der Waals surface area (Å²) in [6.07, 6.45) is 3.11. The Bertz CT molecular complexity index is 473. The van der Waals surface area contributed by atoms with Crippen molar-refractivity contribution in [1.29, 1.82) is 0 Å². The number of oxazole rings is 1. The zero-order valence-electron chi connectivity index (χ0n) is 8.85. The minimum Gasteiger partial charge on any atom is -0.440 e. The van der Waals surface area contributed by atoms with E-state index in [1.165, 1.54) is 18.0 Å². The van der Waals surface area contributed by atoms with Crippen LogP contribution in [0.2, 0.25) is 5.15 Å². The molecule has 4 nitrogen and oxygen atoms in total. The summed E-state index contributed by atoms with van der Waals surface area (Å²) in [7, 11) is 0. The lowest BCUT2D eigenvalue weighted by Crippen LogP contribution is -1.98. The molecule has 2 aromatic rings. The van der Waals surface area contributed by atoms with Crippen LogP contribution in [0.15, 0.2) is 33.2 Å². The Labute approximate surface area is 102 Å². The molecule has 0 aromatic carbocycles. The molecule has 84 valence electrons. The van der Waals surface area contributed by atoms with Crippen molar-refractivity contribution in [3.63, 3.8) is 0 Å². The fraction of sp³-hybridized carbons (Fsp3) is 0.300. The van der Waals surface area contributed by atoms with Crippen LogP contribution < -0.4 is 0 Å². The minimum atomic E-state index is 0.239. The molecular weight excluding hydrogens is 246 g/mol. The Balaban J connectivity index is 2.27. The van der Waals surface area contributed by atoms with E-state index in [0.29, 0.717) is 10.4 Å². The molecule has 0 saturated heterocycles. The number of nitrogens with zero attached hydrogens (tertiary/aromatic N) is 3. The third-order valence-electron chi connectivity index (χ3n) is 1.81. The largest absolute Gasteiger partial charge is 0.440 e. The molecule has 0 radical (unpaired) electrons. The van der Waals surface area contributed by atoms with Crippen LogP contribution in [0.5, 0.6) is 0 Å². The maximum absolute atomic E-state index is 5.92. The Morgan fingerprint density at radius 3 is 2.81 bits per heavy atom. The summed E-state index contributed by atoms with van der Waals surface area (Å²) in [4.78, 5) is 12.5. The topological polar surface area (TPSA) is 51.8 Å². The van der Waals surface area contributed by atoms with Crippen molar-refractivity contribution in [3.05, 3.63) is 29.5 Å².